The summed E-state index contributed by atoms with van der Waals surface area (Å²) in [5.74, 6) is -0.806. The van der Waals surface area contributed by atoms with Gasteiger partial charge in [-0.15, -0.1) is 0 Å². The van der Waals surface area contributed by atoms with Gasteiger partial charge < -0.3 is 18.9 Å². The van der Waals surface area contributed by atoms with Gasteiger partial charge in [0.2, 0.25) is 0 Å². The van der Waals surface area contributed by atoms with E-state index < -0.39 is 26.5 Å². The van der Waals surface area contributed by atoms with E-state index in [9.17, 15) is 19.0 Å². The molecular formula is C46H89NO8P+. The van der Waals surface area contributed by atoms with Gasteiger partial charge in [0.1, 0.15) is 19.8 Å². The van der Waals surface area contributed by atoms with E-state index in [2.05, 4.69) is 38.2 Å². The van der Waals surface area contributed by atoms with Crippen LogP contribution in [0.1, 0.15) is 206 Å². The van der Waals surface area contributed by atoms with E-state index in [-0.39, 0.29) is 32.0 Å². The zero-order valence-corrected chi connectivity index (χ0v) is 38.0. The number of ether oxygens (including phenoxy) is 2. The number of unbranched alkanes of at least 4 members (excludes halogenated alkanes) is 24. The third-order valence-corrected chi connectivity index (χ3v) is 10.9. The fraction of sp³-hybridized carbons (Fsp3) is 0.870. The minimum atomic E-state index is -4.37. The number of quaternary nitrogens is 1. The molecule has 330 valence electrons. The zero-order chi connectivity index (χ0) is 41.4. The van der Waals surface area contributed by atoms with Gasteiger partial charge in [0, 0.05) is 12.8 Å². The van der Waals surface area contributed by atoms with Gasteiger partial charge in [-0.25, -0.2) is 4.57 Å². The van der Waals surface area contributed by atoms with Crippen molar-refractivity contribution in [3.63, 3.8) is 0 Å². The van der Waals surface area contributed by atoms with Crippen LogP contribution in [0.5, 0.6) is 0 Å². The average molecular weight is 815 g/mol. The Kier molecular flexibility index (Phi) is 37.9. The molecule has 0 aliphatic carbocycles. The third-order valence-electron chi connectivity index (χ3n) is 9.95. The van der Waals surface area contributed by atoms with E-state index in [1.807, 2.05) is 21.1 Å². The molecule has 0 aromatic rings. The predicted molar refractivity (Wildman–Crippen MR) is 234 cm³/mol. The summed E-state index contributed by atoms with van der Waals surface area (Å²) in [6.45, 7) is 4.38. The second kappa shape index (κ2) is 39.0. The van der Waals surface area contributed by atoms with Gasteiger partial charge in [-0.3, -0.25) is 18.6 Å². The van der Waals surface area contributed by atoms with Crippen molar-refractivity contribution in [2.24, 2.45) is 0 Å². The Morgan fingerprint density at radius 3 is 1.38 bits per heavy atom. The summed E-state index contributed by atoms with van der Waals surface area (Å²) in [5.41, 5.74) is 0. The fourth-order valence-electron chi connectivity index (χ4n) is 6.28. The molecule has 0 radical (unpaired) electrons. The van der Waals surface area contributed by atoms with Crippen LogP contribution < -0.4 is 0 Å². The minimum absolute atomic E-state index is 0.0313. The lowest BCUT2D eigenvalue weighted by Crippen LogP contribution is -2.37. The van der Waals surface area contributed by atoms with Gasteiger partial charge in [-0.2, -0.15) is 0 Å². The van der Waals surface area contributed by atoms with Crippen molar-refractivity contribution in [3.05, 3.63) is 24.3 Å². The van der Waals surface area contributed by atoms with Gasteiger partial charge in [0.15, 0.2) is 6.10 Å². The quantitative estimate of drug-likeness (QED) is 0.0213. The molecule has 1 unspecified atom stereocenters. The van der Waals surface area contributed by atoms with Crippen molar-refractivity contribution in [2.75, 3.05) is 47.5 Å². The molecule has 0 bridgehead atoms. The van der Waals surface area contributed by atoms with Crippen molar-refractivity contribution in [1.82, 2.24) is 0 Å². The molecule has 9 nitrogen and oxygen atoms in total. The monoisotopic (exact) mass is 815 g/mol. The number of carbonyl (C=O) groups excluding carboxylic acids is 2. The van der Waals surface area contributed by atoms with Crippen molar-refractivity contribution in [3.8, 4) is 0 Å². The molecule has 0 aliphatic rings. The number of rotatable bonds is 42. The van der Waals surface area contributed by atoms with Crippen LogP contribution in [0.25, 0.3) is 0 Å². The van der Waals surface area contributed by atoms with E-state index in [4.69, 9.17) is 18.5 Å². The average Bonchev–Trinajstić information content (AvgIpc) is 3.15. The first-order valence-electron chi connectivity index (χ1n) is 23.1. The highest BCUT2D eigenvalue weighted by molar-refractivity contribution is 7.47. The Bertz CT molecular complexity index is 1010. The lowest BCUT2D eigenvalue weighted by Gasteiger charge is -2.24. The minimum Gasteiger partial charge on any atom is -0.462 e. The van der Waals surface area contributed by atoms with Crippen LogP contribution in [0.2, 0.25) is 0 Å². The Morgan fingerprint density at radius 2 is 0.929 bits per heavy atom. The molecular weight excluding hydrogens is 725 g/mol. The van der Waals surface area contributed by atoms with E-state index in [1.165, 1.54) is 116 Å². The molecule has 0 amide bonds. The molecule has 0 aromatic carbocycles. The van der Waals surface area contributed by atoms with Crippen LogP contribution in [0.3, 0.4) is 0 Å². The predicted octanol–water partition coefficient (Wildman–Crippen LogP) is 13.1. The summed E-state index contributed by atoms with van der Waals surface area (Å²) >= 11 is 0. The van der Waals surface area contributed by atoms with Crippen molar-refractivity contribution < 1.29 is 42.1 Å². The summed E-state index contributed by atoms with van der Waals surface area (Å²) in [4.78, 5) is 35.3. The van der Waals surface area contributed by atoms with Gasteiger partial charge >= 0.3 is 19.8 Å². The maximum Gasteiger partial charge on any atom is 0.472 e. The van der Waals surface area contributed by atoms with Gasteiger partial charge in [-0.05, 0) is 57.8 Å². The maximum atomic E-state index is 12.6. The fourth-order valence-corrected chi connectivity index (χ4v) is 7.03. The van der Waals surface area contributed by atoms with Crippen LogP contribution in [0.15, 0.2) is 24.3 Å². The molecule has 0 fully saturated rings. The summed E-state index contributed by atoms with van der Waals surface area (Å²) in [6, 6.07) is 0. The first-order chi connectivity index (χ1) is 27.0. The van der Waals surface area contributed by atoms with Crippen LogP contribution >= 0.6 is 7.82 Å². The van der Waals surface area contributed by atoms with Crippen LogP contribution in [0, 0.1) is 0 Å². The van der Waals surface area contributed by atoms with Crippen molar-refractivity contribution in [1.29, 1.82) is 0 Å². The largest absolute Gasteiger partial charge is 0.472 e. The molecule has 10 heteroatoms. The number of allylic oxidation sites excluding steroid dienone is 4. The number of likely N-dealkylation sites (N-methyl/N-ethyl adjacent to an activating group) is 1. The number of phosphoric ester groups is 1. The summed E-state index contributed by atoms with van der Waals surface area (Å²) in [7, 11) is 1.47. The summed E-state index contributed by atoms with van der Waals surface area (Å²) in [5, 5.41) is 0. The van der Waals surface area contributed by atoms with Gasteiger partial charge in [-0.1, -0.05) is 160 Å². The van der Waals surface area contributed by atoms with Crippen LogP contribution in [-0.4, -0.2) is 74.9 Å². The molecule has 0 saturated heterocycles. The number of carbonyl (C=O) groups is 2. The Balaban J connectivity index is 4.22. The Labute approximate surface area is 345 Å². The van der Waals surface area contributed by atoms with E-state index >= 15 is 0 Å². The molecule has 0 spiro atoms. The molecule has 2 atom stereocenters. The normalized spacial score (nSPS) is 13.8. The van der Waals surface area contributed by atoms with Crippen molar-refractivity contribution >= 4 is 19.8 Å². The number of esters is 2. The first-order valence-corrected chi connectivity index (χ1v) is 24.6. The lowest BCUT2D eigenvalue weighted by molar-refractivity contribution is -0.870. The van der Waals surface area contributed by atoms with Gasteiger partial charge in [0.25, 0.3) is 0 Å². The molecule has 0 aliphatic heterocycles. The Hall–Kier alpha value is -1.51. The van der Waals surface area contributed by atoms with Crippen LogP contribution in [0.4, 0.5) is 0 Å². The SMILES string of the molecule is CCCC/C=C\CCCCCCCC(=O)O[C@H](COC(=O)CCCCCCCCCCCCC/C=C\CCCCCCCC)COP(=O)(O)OCC[N+](C)(C)C. The number of nitrogens with zero attached hydrogens (tertiary/aromatic N) is 1. The van der Waals surface area contributed by atoms with Crippen LogP contribution in [-0.2, 0) is 32.7 Å². The second-order valence-electron chi connectivity index (χ2n) is 16.8. The topological polar surface area (TPSA) is 108 Å². The summed E-state index contributed by atoms with van der Waals surface area (Å²) < 4.78 is 34.3. The van der Waals surface area contributed by atoms with E-state index in [1.54, 1.807) is 0 Å². The summed E-state index contributed by atoms with van der Waals surface area (Å²) in [6.07, 6.45) is 42.3. The smallest absolute Gasteiger partial charge is 0.462 e. The third kappa shape index (κ3) is 42.1. The molecule has 0 saturated carbocycles. The molecule has 56 heavy (non-hydrogen) atoms. The highest BCUT2D eigenvalue weighted by Gasteiger charge is 2.27. The first kappa shape index (κ1) is 54.5. The second-order valence-corrected chi connectivity index (χ2v) is 18.2. The maximum absolute atomic E-state index is 12.6. The Morgan fingerprint density at radius 1 is 0.536 bits per heavy atom. The molecule has 0 aromatic heterocycles. The molecule has 1 N–H and O–H groups in total. The molecule has 0 rings (SSSR count). The number of hydrogen-bond donors (Lipinski definition) is 1. The highest BCUT2D eigenvalue weighted by Crippen LogP contribution is 2.43. The highest BCUT2D eigenvalue weighted by atomic mass is 31.2. The standard InChI is InChI=1S/C46H88NO8P/c1-6-8-10-12-14-16-18-19-20-21-22-23-24-25-26-27-29-30-32-34-36-38-45(48)52-42-44(43-54-56(50,51)53-41-40-47(3,4)5)55-46(49)39-37-35-33-31-28-17-15-13-11-9-7-2/h13,15,19-20,44H,6-12,14,16-18,21-43H2,1-5H3/p+1/b15-13-,20-19-/t44-/m1/s1. The zero-order valence-electron chi connectivity index (χ0n) is 37.1. The van der Waals surface area contributed by atoms with E-state index in [0.29, 0.717) is 17.4 Å². The van der Waals surface area contributed by atoms with E-state index in [0.717, 1.165) is 57.8 Å². The lowest BCUT2D eigenvalue weighted by atomic mass is 10.0. The number of phosphoric acid groups is 1. The number of hydrogen-bond acceptors (Lipinski definition) is 7. The van der Waals surface area contributed by atoms with Crippen molar-refractivity contribution in [2.45, 2.75) is 213 Å². The molecule has 0 heterocycles. The van der Waals surface area contributed by atoms with Gasteiger partial charge in [0.05, 0.1) is 27.7 Å².